The summed E-state index contributed by atoms with van der Waals surface area (Å²) in [6, 6.07) is 15.2. The topological polar surface area (TPSA) is 95.4 Å². The number of aromatic carboxylic acids is 1. The fourth-order valence-corrected chi connectivity index (χ4v) is 5.99. The molecule has 5 rings (SSSR count). The summed E-state index contributed by atoms with van der Waals surface area (Å²) in [4.78, 5) is 37.2. The first-order valence-corrected chi connectivity index (χ1v) is 13.5. The van der Waals surface area contributed by atoms with Crippen LogP contribution in [-0.4, -0.2) is 33.6 Å². The van der Waals surface area contributed by atoms with Crippen molar-refractivity contribution in [2.75, 3.05) is 16.8 Å². The smallest absolute Gasteiger partial charge is 0.356 e. The van der Waals surface area contributed by atoms with Gasteiger partial charge in [0.15, 0.2) is 10.8 Å². The standard InChI is InChI=1S/C29H24N4O3S2/c1-3-21-23(4-2)38-28(30-21)32-29(36)33-16-8-11-19-13-14-20(17-22(19)33)26-31-25(27(34)35)24(37-26)15-12-18-9-6-5-7-10-18/h3-7,9-10,12-15,17H,1-2,8,11,16H2,(H,34,35)(H,30,32,36)/b15-12+. The molecular formula is C29H24N4O3S2. The molecule has 0 atom stereocenters. The molecule has 3 heterocycles. The second-order valence-electron chi connectivity index (χ2n) is 8.49. The van der Waals surface area contributed by atoms with Gasteiger partial charge in [-0.2, -0.15) is 0 Å². The number of urea groups is 1. The minimum Gasteiger partial charge on any atom is -0.476 e. The van der Waals surface area contributed by atoms with Crippen LogP contribution in [0.5, 0.6) is 0 Å². The number of anilines is 2. The van der Waals surface area contributed by atoms with Crippen molar-refractivity contribution in [1.29, 1.82) is 0 Å². The van der Waals surface area contributed by atoms with Crippen LogP contribution in [0.4, 0.5) is 15.6 Å². The van der Waals surface area contributed by atoms with Gasteiger partial charge in [0.05, 0.1) is 15.4 Å². The average Bonchev–Trinajstić information content (AvgIpc) is 3.55. The number of carbonyl (C=O) groups excluding carboxylic acids is 1. The van der Waals surface area contributed by atoms with Crippen LogP contribution < -0.4 is 10.2 Å². The highest BCUT2D eigenvalue weighted by molar-refractivity contribution is 7.17. The van der Waals surface area contributed by atoms with E-state index in [-0.39, 0.29) is 11.7 Å². The van der Waals surface area contributed by atoms with E-state index in [0.717, 1.165) is 40.1 Å². The first-order valence-electron chi connectivity index (χ1n) is 11.9. The molecule has 0 saturated carbocycles. The van der Waals surface area contributed by atoms with E-state index in [1.54, 1.807) is 23.1 Å². The zero-order valence-electron chi connectivity index (χ0n) is 20.4. The maximum absolute atomic E-state index is 13.3. The van der Waals surface area contributed by atoms with Crippen molar-refractivity contribution in [3.63, 3.8) is 0 Å². The van der Waals surface area contributed by atoms with Gasteiger partial charge in [-0.15, -0.1) is 11.3 Å². The lowest BCUT2D eigenvalue weighted by molar-refractivity contribution is 0.0691. The quantitative estimate of drug-likeness (QED) is 0.255. The highest BCUT2D eigenvalue weighted by Crippen LogP contribution is 2.36. The number of benzene rings is 2. The minimum atomic E-state index is -1.08. The molecular weight excluding hydrogens is 516 g/mol. The SMILES string of the molecule is C=Cc1nc(NC(=O)N2CCCc3ccc(-c4nc(C(=O)O)c(/C=C/c5ccccc5)s4)cc32)sc1C=C. The van der Waals surface area contributed by atoms with Gasteiger partial charge in [0.2, 0.25) is 0 Å². The van der Waals surface area contributed by atoms with Gasteiger partial charge in [0.25, 0.3) is 0 Å². The summed E-state index contributed by atoms with van der Waals surface area (Å²) >= 11 is 2.65. The molecule has 1 aliphatic heterocycles. The molecule has 0 radical (unpaired) electrons. The fourth-order valence-electron chi connectivity index (χ4n) is 4.22. The lowest BCUT2D eigenvalue weighted by Crippen LogP contribution is -2.38. The van der Waals surface area contributed by atoms with E-state index in [1.807, 2.05) is 54.6 Å². The largest absolute Gasteiger partial charge is 0.476 e. The van der Waals surface area contributed by atoms with Gasteiger partial charge < -0.3 is 5.11 Å². The summed E-state index contributed by atoms with van der Waals surface area (Å²) in [5.74, 6) is -1.08. The third-order valence-electron chi connectivity index (χ3n) is 6.05. The number of hydrogen-bond acceptors (Lipinski definition) is 6. The normalized spacial score (nSPS) is 12.8. The fraction of sp³-hybridized carbons (Fsp3) is 0.103. The number of nitrogens with zero attached hydrogens (tertiary/aromatic N) is 3. The number of amides is 2. The third-order valence-corrected chi connectivity index (χ3v) is 8.10. The molecule has 1 aliphatic rings. The number of nitrogens with one attached hydrogen (secondary N) is 1. The van der Waals surface area contributed by atoms with Crippen LogP contribution in [0.25, 0.3) is 34.9 Å². The molecule has 38 heavy (non-hydrogen) atoms. The molecule has 4 aromatic rings. The summed E-state index contributed by atoms with van der Waals surface area (Å²) in [6.07, 6.45) is 8.66. The maximum Gasteiger partial charge on any atom is 0.356 e. The molecule has 0 saturated heterocycles. The van der Waals surface area contributed by atoms with Gasteiger partial charge in [0.1, 0.15) is 5.01 Å². The van der Waals surface area contributed by atoms with Crippen LogP contribution in [0.1, 0.15) is 43.5 Å². The summed E-state index contributed by atoms with van der Waals surface area (Å²) in [7, 11) is 0. The number of carboxylic acids is 1. The maximum atomic E-state index is 13.3. The Morgan fingerprint density at radius 2 is 1.82 bits per heavy atom. The first-order chi connectivity index (χ1) is 18.5. The number of thiazole rings is 2. The van der Waals surface area contributed by atoms with Crippen molar-refractivity contribution in [2.45, 2.75) is 12.8 Å². The van der Waals surface area contributed by atoms with Gasteiger partial charge in [0, 0.05) is 17.8 Å². The summed E-state index contributed by atoms with van der Waals surface area (Å²) in [5, 5.41) is 13.7. The Morgan fingerprint density at radius 3 is 2.53 bits per heavy atom. The average molecular weight is 541 g/mol. The molecule has 190 valence electrons. The second kappa shape index (κ2) is 11.0. The Bertz CT molecular complexity index is 1540. The number of aromatic nitrogens is 2. The molecule has 2 N–H and O–H groups in total. The molecule has 0 fully saturated rings. The van der Waals surface area contributed by atoms with Crippen LogP contribution in [0, 0.1) is 0 Å². The Hall–Kier alpha value is -4.34. The number of aryl methyl sites for hydroxylation is 1. The highest BCUT2D eigenvalue weighted by atomic mass is 32.1. The lowest BCUT2D eigenvalue weighted by Gasteiger charge is -2.29. The van der Waals surface area contributed by atoms with Crippen LogP contribution >= 0.6 is 22.7 Å². The van der Waals surface area contributed by atoms with E-state index in [4.69, 9.17) is 0 Å². The van der Waals surface area contributed by atoms with Crippen LogP contribution in [-0.2, 0) is 6.42 Å². The molecule has 0 bridgehead atoms. The second-order valence-corrected chi connectivity index (χ2v) is 10.5. The summed E-state index contributed by atoms with van der Waals surface area (Å²) in [6.45, 7) is 8.11. The van der Waals surface area contributed by atoms with Gasteiger partial charge in [-0.05, 0) is 48.3 Å². The molecule has 0 spiro atoms. The van der Waals surface area contributed by atoms with Crippen LogP contribution in [0.3, 0.4) is 0 Å². The molecule has 2 aromatic carbocycles. The van der Waals surface area contributed by atoms with Gasteiger partial charge in [-0.3, -0.25) is 10.2 Å². The first kappa shape index (κ1) is 25.3. The Balaban J connectivity index is 1.45. The molecule has 2 amide bonds. The zero-order chi connectivity index (χ0) is 26.6. The van der Waals surface area contributed by atoms with Crippen molar-refractivity contribution in [2.24, 2.45) is 0 Å². The summed E-state index contributed by atoms with van der Waals surface area (Å²) < 4.78 is 0. The van der Waals surface area contributed by atoms with Crippen LogP contribution in [0.15, 0.2) is 61.7 Å². The van der Waals surface area contributed by atoms with Gasteiger partial charge in [-0.1, -0.05) is 73.0 Å². The van der Waals surface area contributed by atoms with Gasteiger partial charge >= 0.3 is 12.0 Å². The van der Waals surface area contributed by atoms with E-state index in [1.165, 1.54) is 22.7 Å². The van der Waals surface area contributed by atoms with Crippen LogP contribution in [0.2, 0.25) is 0 Å². The number of carboxylic acid groups (broad SMARTS) is 1. The van der Waals surface area contributed by atoms with E-state index < -0.39 is 5.97 Å². The number of hydrogen-bond donors (Lipinski definition) is 2. The van der Waals surface area contributed by atoms with E-state index in [0.29, 0.717) is 27.3 Å². The van der Waals surface area contributed by atoms with Crippen molar-refractivity contribution < 1.29 is 14.7 Å². The Kier molecular flexibility index (Phi) is 7.30. The summed E-state index contributed by atoms with van der Waals surface area (Å²) in [5.41, 5.74) is 4.24. The van der Waals surface area contributed by atoms with Crippen molar-refractivity contribution in [3.8, 4) is 10.6 Å². The monoisotopic (exact) mass is 540 g/mol. The Morgan fingerprint density at radius 1 is 1.00 bits per heavy atom. The van der Waals surface area contributed by atoms with Crippen molar-refractivity contribution in [1.82, 2.24) is 9.97 Å². The Labute approximate surface area is 228 Å². The highest BCUT2D eigenvalue weighted by Gasteiger charge is 2.25. The predicted molar refractivity (Wildman–Crippen MR) is 157 cm³/mol. The molecule has 0 aliphatic carbocycles. The molecule has 7 nitrogen and oxygen atoms in total. The molecule has 0 unspecified atom stereocenters. The minimum absolute atomic E-state index is 0.00400. The van der Waals surface area contributed by atoms with E-state index in [9.17, 15) is 14.7 Å². The van der Waals surface area contributed by atoms with E-state index >= 15 is 0 Å². The molecule has 2 aromatic heterocycles. The molecule has 9 heteroatoms. The van der Waals surface area contributed by atoms with Crippen molar-refractivity contribution >= 4 is 69.8 Å². The van der Waals surface area contributed by atoms with Crippen molar-refractivity contribution in [3.05, 3.63) is 94.0 Å². The number of carbonyl (C=O) groups is 2. The third kappa shape index (κ3) is 5.20. The lowest BCUT2D eigenvalue weighted by atomic mass is 10.00. The van der Waals surface area contributed by atoms with Gasteiger partial charge in [-0.25, -0.2) is 19.6 Å². The zero-order valence-corrected chi connectivity index (χ0v) is 22.0. The number of rotatable bonds is 7. The number of fused-ring (bicyclic) bond motifs is 1. The van der Waals surface area contributed by atoms with E-state index in [2.05, 4.69) is 28.4 Å². The predicted octanol–water partition coefficient (Wildman–Crippen LogP) is 7.41.